The minimum Gasteiger partial charge on any atom is -0.393 e. The zero-order valence-electron chi connectivity index (χ0n) is 10.9. The van der Waals surface area contributed by atoms with Gasteiger partial charge in [-0.15, -0.1) is 0 Å². The summed E-state index contributed by atoms with van der Waals surface area (Å²) < 4.78 is 0. The SMILES string of the molecule is CC(O)Cc1ccccc1NC(=O)C(C)(C)C. The third kappa shape index (κ3) is 4.19. The maximum absolute atomic E-state index is 11.9. The Balaban J connectivity index is 2.87. The lowest BCUT2D eigenvalue weighted by atomic mass is 9.95. The van der Waals surface area contributed by atoms with Crippen molar-refractivity contribution in [2.24, 2.45) is 5.41 Å². The molecule has 0 heterocycles. The quantitative estimate of drug-likeness (QED) is 0.846. The molecular weight excluding hydrogens is 214 g/mol. The number of hydrogen-bond acceptors (Lipinski definition) is 2. The summed E-state index contributed by atoms with van der Waals surface area (Å²) in [6.07, 6.45) is 0.128. The van der Waals surface area contributed by atoms with Crippen molar-refractivity contribution in [3.63, 3.8) is 0 Å². The van der Waals surface area contributed by atoms with Crippen LogP contribution in [0.15, 0.2) is 24.3 Å². The number of carbonyl (C=O) groups excluding carboxylic acids is 1. The molecule has 1 atom stereocenters. The van der Waals surface area contributed by atoms with E-state index < -0.39 is 11.5 Å². The third-order valence-electron chi connectivity index (χ3n) is 2.46. The van der Waals surface area contributed by atoms with Crippen molar-refractivity contribution < 1.29 is 9.90 Å². The van der Waals surface area contributed by atoms with Crippen LogP contribution in [0.2, 0.25) is 0 Å². The summed E-state index contributed by atoms with van der Waals surface area (Å²) in [5.74, 6) is -0.0180. The fourth-order valence-corrected chi connectivity index (χ4v) is 1.45. The minimum atomic E-state index is -0.419. The lowest BCUT2D eigenvalue weighted by Gasteiger charge is -2.19. The number of carbonyl (C=O) groups is 1. The summed E-state index contributed by atoms with van der Waals surface area (Å²) >= 11 is 0. The van der Waals surface area contributed by atoms with Gasteiger partial charge in [-0.1, -0.05) is 39.0 Å². The zero-order valence-corrected chi connectivity index (χ0v) is 10.9. The number of nitrogens with one attached hydrogen (secondary N) is 1. The van der Waals surface area contributed by atoms with Crippen LogP contribution in [0.3, 0.4) is 0 Å². The fourth-order valence-electron chi connectivity index (χ4n) is 1.45. The highest BCUT2D eigenvalue weighted by Crippen LogP contribution is 2.21. The molecule has 0 aliphatic heterocycles. The van der Waals surface area contributed by atoms with E-state index in [1.54, 1.807) is 6.92 Å². The molecule has 0 spiro atoms. The predicted octanol–water partition coefficient (Wildman–Crippen LogP) is 2.59. The number of aliphatic hydroxyl groups excluding tert-OH is 1. The summed E-state index contributed by atoms with van der Waals surface area (Å²) in [6, 6.07) is 7.57. The third-order valence-corrected chi connectivity index (χ3v) is 2.46. The van der Waals surface area contributed by atoms with E-state index in [9.17, 15) is 9.90 Å². The molecule has 0 fully saturated rings. The monoisotopic (exact) mass is 235 g/mol. The van der Waals surface area contributed by atoms with Crippen molar-refractivity contribution in [1.29, 1.82) is 0 Å². The van der Waals surface area contributed by atoms with Crippen molar-refractivity contribution in [3.05, 3.63) is 29.8 Å². The van der Waals surface area contributed by atoms with Gasteiger partial charge in [-0.2, -0.15) is 0 Å². The molecule has 0 bridgehead atoms. The highest BCUT2D eigenvalue weighted by molar-refractivity contribution is 5.95. The number of hydrogen-bond donors (Lipinski definition) is 2. The van der Waals surface area contributed by atoms with Crippen LogP contribution in [-0.4, -0.2) is 17.1 Å². The first kappa shape index (κ1) is 13.7. The molecule has 1 unspecified atom stereocenters. The first-order valence-electron chi connectivity index (χ1n) is 5.88. The topological polar surface area (TPSA) is 49.3 Å². The molecule has 0 aromatic heterocycles. The number of aliphatic hydroxyl groups is 1. The van der Waals surface area contributed by atoms with Gasteiger partial charge in [0.25, 0.3) is 0 Å². The fraction of sp³-hybridized carbons (Fsp3) is 0.500. The smallest absolute Gasteiger partial charge is 0.229 e. The summed E-state index contributed by atoms with van der Waals surface area (Å²) in [4.78, 5) is 11.9. The normalized spacial score (nSPS) is 13.2. The van der Waals surface area contributed by atoms with Gasteiger partial charge >= 0.3 is 0 Å². The van der Waals surface area contributed by atoms with Crippen LogP contribution in [0.1, 0.15) is 33.3 Å². The van der Waals surface area contributed by atoms with Gasteiger partial charge in [0.15, 0.2) is 0 Å². The second kappa shape index (κ2) is 5.32. The molecule has 3 heteroatoms. The van der Waals surface area contributed by atoms with E-state index >= 15 is 0 Å². The lowest BCUT2D eigenvalue weighted by Crippen LogP contribution is -2.28. The van der Waals surface area contributed by atoms with E-state index in [2.05, 4.69) is 5.32 Å². The molecule has 1 aromatic carbocycles. The summed E-state index contributed by atoms with van der Waals surface area (Å²) in [5, 5.41) is 12.3. The number of anilines is 1. The van der Waals surface area contributed by atoms with E-state index in [-0.39, 0.29) is 5.91 Å². The van der Waals surface area contributed by atoms with Crippen LogP contribution < -0.4 is 5.32 Å². The predicted molar refractivity (Wildman–Crippen MR) is 69.9 cm³/mol. The average Bonchev–Trinajstić information content (AvgIpc) is 2.18. The van der Waals surface area contributed by atoms with Crippen molar-refractivity contribution in [2.45, 2.75) is 40.2 Å². The molecule has 2 N–H and O–H groups in total. The Labute approximate surface area is 103 Å². The van der Waals surface area contributed by atoms with E-state index in [0.717, 1.165) is 11.3 Å². The van der Waals surface area contributed by atoms with E-state index in [0.29, 0.717) is 6.42 Å². The van der Waals surface area contributed by atoms with Crippen molar-refractivity contribution in [2.75, 3.05) is 5.32 Å². The molecule has 0 aliphatic carbocycles. The Hall–Kier alpha value is -1.35. The maximum atomic E-state index is 11.9. The number of amides is 1. The molecule has 1 amide bonds. The van der Waals surface area contributed by atoms with Gasteiger partial charge in [-0.25, -0.2) is 0 Å². The molecule has 0 aliphatic rings. The summed E-state index contributed by atoms with van der Waals surface area (Å²) in [7, 11) is 0. The van der Waals surface area contributed by atoms with Crippen LogP contribution in [-0.2, 0) is 11.2 Å². The van der Waals surface area contributed by atoms with Crippen molar-refractivity contribution in [1.82, 2.24) is 0 Å². The minimum absolute atomic E-state index is 0.0180. The van der Waals surface area contributed by atoms with Crippen molar-refractivity contribution in [3.8, 4) is 0 Å². The van der Waals surface area contributed by atoms with E-state index in [1.165, 1.54) is 0 Å². The van der Waals surface area contributed by atoms with E-state index in [1.807, 2.05) is 45.0 Å². The molecule has 94 valence electrons. The van der Waals surface area contributed by atoms with Gasteiger partial charge in [0.1, 0.15) is 0 Å². The van der Waals surface area contributed by atoms with Gasteiger partial charge in [0.2, 0.25) is 5.91 Å². The second-order valence-electron chi connectivity index (χ2n) is 5.41. The molecule has 0 saturated carbocycles. The first-order valence-corrected chi connectivity index (χ1v) is 5.88. The molecule has 17 heavy (non-hydrogen) atoms. The highest BCUT2D eigenvalue weighted by atomic mass is 16.3. The molecule has 0 radical (unpaired) electrons. The van der Waals surface area contributed by atoms with Crippen LogP contribution in [0, 0.1) is 5.41 Å². The first-order chi connectivity index (χ1) is 7.80. The van der Waals surface area contributed by atoms with Gasteiger partial charge < -0.3 is 10.4 Å². The van der Waals surface area contributed by atoms with Crippen LogP contribution in [0.25, 0.3) is 0 Å². The Morgan fingerprint density at radius 1 is 1.35 bits per heavy atom. The standard InChI is InChI=1S/C14H21NO2/c1-10(16)9-11-7-5-6-8-12(11)15-13(17)14(2,3)4/h5-8,10,16H,9H2,1-4H3,(H,15,17). The summed E-state index contributed by atoms with van der Waals surface area (Å²) in [6.45, 7) is 7.36. The molecule has 3 nitrogen and oxygen atoms in total. The Bertz CT molecular complexity index is 391. The lowest BCUT2D eigenvalue weighted by molar-refractivity contribution is -0.123. The molecule has 1 aromatic rings. The summed E-state index contributed by atoms with van der Waals surface area (Å²) in [5.41, 5.74) is 1.33. The second-order valence-corrected chi connectivity index (χ2v) is 5.41. The van der Waals surface area contributed by atoms with Crippen LogP contribution in [0.4, 0.5) is 5.69 Å². The molecular formula is C14H21NO2. The largest absolute Gasteiger partial charge is 0.393 e. The van der Waals surface area contributed by atoms with Gasteiger partial charge in [0, 0.05) is 17.5 Å². The average molecular weight is 235 g/mol. The van der Waals surface area contributed by atoms with Crippen molar-refractivity contribution >= 4 is 11.6 Å². The highest BCUT2D eigenvalue weighted by Gasteiger charge is 2.21. The molecule has 1 rings (SSSR count). The number of benzene rings is 1. The zero-order chi connectivity index (χ0) is 13.1. The van der Waals surface area contributed by atoms with Gasteiger partial charge in [0.05, 0.1) is 6.10 Å². The Kier molecular flexibility index (Phi) is 4.29. The Morgan fingerprint density at radius 3 is 2.47 bits per heavy atom. The molecule has 0 saturated heterocycles. The van der Waals surface area contributed by atoms with Gasteiger partial charge in [-0.3, -0.25) is 4.79 Å². The number of rotatable bonds is 3. The maximum Gasteiger partial charge on any atom is 0.229 e. The Morgan fingerprint density at radius 2 is 1.94 bits per heavy atom. The van der Waals surface area contributed by atoms with Crippen LogP contribution >= 0.6 is 0 Å². The van der Waals surface area contributed by atoms with E-state index in [4.69, 9.17) is 0 Å². The van der Waals surface area contributed by atoms with Gasteiger partial charge in [-0.05, 0) is 18.6 Å². The van der Waals surface area contributed by atoms with Crippen LogP contribution in [0.5, 0.6) is 0 Å². The number of para-hydroxylation sites is 1.